The predicted octanol–water partition coefficient (Wildman–Crippen LogP) is 2.44. The van der Waals surface area contributed by atoms with E-state index in [1.807, 2.05) is 6.92 Å². The SMILES string of the molecule is CC(N)c1nnc(C2Cc3ccccc3C2)s1. The molecule has 88 valence electrons. The van der Waals surface area contributed by atoms with Crippen LogP contribution >= 0.6 is 11.3 Å². The number of nitrogens with two attached hydrogens (primary N) is 1. The van der Waals surface area contributed by atoms with E-state index in [1.54, 1.807) is 11.3 Å². The van der Waals surface area contributed by atoms with Gasteiger partial charge in [0.25, 0.3) is 0 Å². The molecule has 0 fully saturated rings. The molecule has 2 N–H and O–H groups in total. The molecule has 3 rings (SSSR count). The van der Waals surface area contributed by atoms with Crippen molar-refractivity contribution in [2.75, 3.05) is 0 Å². The van der Waals surface area contributed by atoms with Gasteiger partial charge >= 0.3 is 0 Å². The second-order valence-electron chi connectivity index (χ2n) is 4.64. The van der Waals surface area contributed by atoms with Gasteiger partial charge < -0.3 is 5.73 Å². The van der Waals surface area contributed by atoms with Crippen molar-refractivity contribution in [3.63, 3.8) is 0 Å². The average Bonchev–Trinajstić information content (AvgIpc) is 2.95. The van der Waals surface area contributed by atoms with Crippen LogP contribution in [0.2, 0.25) is 0 Å². The molecule has 0 radical (unpaired) electrons. The monoisotopic (exact) mass is 245 g/mol. The van der Waals surface area contributed by atoms with Crippen LogP contribution in [0.15, 0.2) is 24.3 Å². The highest BCUT2D eigenvalue weighted by Crippen LogP contribution is 2.35. The van der Waals surface area contributed by atoms with Crippen molar-refractivity contribution in [3.05, 3.63) is 45.4 Å². The Balaban J connectivity index is 1.84. The Kier molecular flexibility index (Phi) is 2.68. The molecular weight excluding hydrogens is 230 g/mol. The first-order valence-electron chi connectivity index (χ1n) is 5.89. The van der Waals surface area contributed by atoms with Crippen LogP contribution in [0.1, 0.15) is 40.0 Å². The van der Waals surface area contributed by atoms with Crippen LogP contribution in [-0.4, -0.2) is 10.2 Å². The van der Waals surface area contributed by atoms with Gasteiger partial charge in [0.05, 0.1) is 6.04 Å². The predicted molar refractivity (Wildman–Crippen MR) is 69.1 cm³/mol. The molecule has 2 aromatic rings. The first-order valence-corrected chi connectivity index (χ1v) is 6.71. The zero-order valence-corrected chi connectivity index (χ0v) is 10.6. The van der Waals surface area contributed by atoms with E-state index in [0.717, 1.165) is 22.9 Å². The van der Waals surface area contributed by atoms with Gasteiger partial charge in [-0.15, -0.1) is 10.2 Å². The largest absolute Gasteiger partial charge is 0.322 e. The quantitative estimate of drug-likeness (QED) is 0.884. The number of benzene rings is 1. The van der Waals surface area contributed by atoms with E-state index in [0.29, 0.717) is 5.92 Å². The van der Waals surface area contributed by atoms with Gasteiger partial charge in [0.2, 0.25) is 0 Å². The van der Waals surface area contributed by atoms with Crippen LogP contribution < -0.4 is 5.73 Å². The van der Waals surface area contributed by atoms with Gasteiger partial charge in [-0.25, -0.2) is 0 Å². The van der Waals surface area contributed by atoms with Crippen molar-refractivity contribution in [2.45, 2.75) is 31.7 Å². The molecule has 17 heavy (non-hydrogen) atoms. The van der Waals surface area contributed by atoms with E-state index < -0.39 is 0 Å². The van der Waals surface area contributed by atoms with Crippen molar-refractivity contribution < 1.29 is 0 Å². The van der Waals surface area contributed by atoms with Crippen LogP contribution in [0.4, 0.5) is 0 Å². The molecule has 0 saturated carbocycles. The molecule has 0 spiro atoms. The fourth-order valence-corrected chi connectivity index (χ4v) is 3.23. The first kappa shape index (κ1) is 10.9. The fraction of sp³-hybridized carbons (Fsp3) is 0.385. The number of hydrogen-bond donors (Lipinski definition) is 1. The lowest BCUT2D eigenvalue weighted by molar-refractivity contribution is 0.713. The summed E-state index contributed by atoms with van der Waals surface area (Å²) in [6.07, 6.45) is 2.17. The lowest BCUT2D eigenvalue weighted by Gasteiger charge is -2.02. The molecule has 0 saturated heterocycles. The van der Waals surface area contributed by atoms with Crippen LogP contribution in [-0.2, 0) is 12.8 Å². The van der Waals surface area contributed by atoms with E-state index in [-0.39, 0.29) is 6.04 Å². The highest BCUT2D eigenvalue weighted by molar-refractivity contribution is 7.11. The van der Waals surface area contributed by atoms with Crippen molar-refractivity contribution in [1.29, 1.82) is 0 Å². The number of nitrogens with zero attached hydrogens (tertiary/aromatic N) is 2. The summed E-state index contributed by atoms with van der Waals surface area (Å²) in [4.78, 5) is 0. The van der Waals surface area contributed by atoms with Crippen LogP contribution in [0.25, 0.3) is 0 Å². The Labute approximate surface area is 105 Å². The molecule has 0 amide bonds. The summed E-state index contributed by atoms with van der Waals surface area (Å²) >= 11 is 1.66. The van der Waals surface area contributed by atoms with E-state index in [9.17, 15) is 0 Å². The van der Waals surface area contributed by atoms with Crippen molar-refractivity contribution in [3.8, 4) is 0 Å². The lowest BCUT2D eigenvalue weighted by atomic mass is 10.1. The van der Waals surface area contributed by atoms with Gasteiger partial charge in [-0.3, -0.25) is 0 Å². The Morgan fingerprint density at radius 1 is 1.24 bits per heavy atom. The maximum Gasteiger partial charge on any atom is 0.133 e. The zero-order chi connectivity index (χ0) is 11.8. The highest BCUT2D eigenvalue weighted by Gasteiger charge is 2.25. The Bertz CT molecular complexity index is 508. The summed E-state index contributed by atoms with van der Waals surface area (Å²) in [5.74, 6) is 0.498. The minimum atomic E-state index is -0.00923. The first-order chi connectivity index (χ1) is 8.24. The molecule has 1 unspecified atom stereocenters. The minimum Gasteiger partial charge on any atom is -0.322 e. The smallest absolute Gasteiger partial charge is 0.133 e. The molecule has 4 heteroatoms. The van der Waals surface area contributed by atoms with E-state index in [1.165, 1.54) is 11.1 Å². The Morgan fingerprint density at radius 2 is 1.88 bits per heavy atom. The summed E-state index contributed by atoms with van der Waals surface area (Å²) in [6.45, 7) is 1.95. The number of fused-ring (bicyclic) bond motifs is 1. The van der Waals surface area contributed by atoms with Gasteiger partial charge in [-0.2, -0.15) is 0 Å². The second kappa shape index (κ2) is 4.20. The zero-order valence-electron chi connectivity index (χ0n) is 9.76. The van der Waals surface area contributed by atoms with E-state index in [2.05, 4.69) is 34.5 Å². The highest BCUT2D eigenvalue weighted by atomic mass is 32.1. The lowest BCUT2D eigenvalue weighted by Crippen LogP contribution is -2.03. The second-order valence-corrected chi connectivity index (χ2v) is 5.68. The maximum atomic E-state index is 5.82. The molecule has 0 bridgehead atoms. The minimum absolute atomic E-state index is 0.00923. The third kappa shape index (κ3) is 1.98. The molecule has 0 aliphatic heterocycles. The standard InChI is InChI=1S/C13H15N3S/c1-8(14)12-15-16-13(17-12)11-6-9-4-2-3-5-10(9)7-11/h2-5,8,11H,6-7,14H2,1H3. The van der Waals surface area contributed by atoms with Crippen molar-refractivity contribution in [2.24, 2.45) is 5.73 Å². The Hall–Kier alpha value is -1.26. The molecule has 1 aromatic heterocycles. The fourth-order valence-electron chi connectivity index (χ4n) is 2.33. The third-order valence-corrected chi connectivity index (χ3v) is 4.53. The van der Waals surface area contributed by atoms with Crippen molar-refractivity contribution in [1.82, 2.24) is 10.2 Å². The van der Waals surface area contributed by atoms with E-state index in [4.69, 9.17) is 5.73 Å². The van der Waals surface area contributed by atoms with Crippen LogP contribution in [0.5, 0.6) is 0 Å². The van der Waals surface area contributed by atoms with Gasteiger partial charge in [0.15, 0.2) is 0 Å². The molecule has 1 aliphatic rings. The van der Waals surface area contributed by atoms with Crippen LogP contribution in [0.3, 0.4) is 0 Å². The molecule has 1 aliphatic carbocycles. The van der Waals surface area contributed by atoms with Gasteiger partial charge in [-0.1, -0.05) is 35.6 Å². The molecule has 1 heterocycles. The Morgan fingerprint density at radius 3 is 2.41 bits per heavy atom. The van der Waals surface area contributed by atoms with Gasteiger partial charge in [0.1, 0.15) is 10.0 Å². The maximum absolute atomic E-state index is 5.82. The van der Waals surface area contributed by atoms with E-state index >= 15 is 0 Å². The third-order valence-electron chi connectivity index (χ3n) is 3.25. The summed E-state index contributed by atoms with van der Waals surface area (Å²) in [7, 11) is 0. The number of aromatic nitrogens is 2. The number of rotatable bonds is 2. The van der Waals surface area contributed by atoms with Gasteiger partial charge in [-0.05, 0) is 30.9 Å². The average molecular weight is 245 g/mol. The summed E-state index contributed by atoms with van der Waals surface area (Å²) < 4.78 is 0. The van der Waals surface area contributed by atoms with Crippen molar-refractivity contribution >= 4 is 11.3 Å². The normalized spacial score (nSPS) is 17.1. The summed E-state index contributed by atoms with van der Waals surface area (Å²) in [5, 5.41) is 10.5. The molecule has 1 aromatic carbocycles. The molecule has 1 atom stereocenters. The topological polar surface area (TPSA) is 51.8 Å². The molecular formula is C13H15N3S. The number of hydrogen-bond acceptors (Lipinski definition) is 4. The molecule has 3 nitrogen and oxygen atoms in total. The van der Waals surface area contributed by atoms with Gasteiger partial charge in [0, 0.05) is 5.92 Å². The van der Waals surface area contributed by atoms with Crippen LogP contribution in [0, 0.1) is 0 Å². The summed E-state index contributed by atoms with van der Waals surface area (Å²) in [5.41, 5.74) is 8.73. The summed E-state index contributed by atoms with van der Waals surface area (Å²) in [6, 6.07) is 8.62.